The van der Waals surface area contributed by atoms with E-state index in [9.17, 15) is 4.79 Å². The molecule has 7 nitrogen and oxygen atoms in total. The number of hydrogen-bond donors (Lipinski definition) is 3. The lowest BCUT2D eigenvalue weighted by molar-refractivity contribution is 0.102. The molecule has 0 fully saturated rings. The Hall–Kier alpha value is -4.13. The standard InChI is InChI=1S/C24H24N6O/c1-3-25-22-16-23(27-17(2)26-22)28-19-8-10-20(11-9-19)29-24(31)18-6-12-21(13-7-18)30-14-4-5-15-30/h4-16H,3H2,1-2H3,(H,29,31)(H2,25,26,27,28). The summed E-state index contributed by atoms with van der Waals surface area (Å²) in [6, 6.07) is 20.8. The molecule has 0 saturated heterocycles. The van der Waals surface area contributed by atoms with Crippen molar-refractivity contribution in [3.8, 4) is 5.69 Å². The number of nitrogens with zero attached hydrogens (tertiary/aromatic N) is 3. The maximum absolute atomic E-state index is 12.6. The molecule has 4 rings (SSSR count). The summed E-state index contributed by atoms with van der Waals surface area (Å²) < 4.78 is 1.99. The van der Waals surface area contributed by atoms with E-state index in [1.54, 1.807) is 0 Å². The van der Waals surface area contributed by atoms with E-state index in [0.29, 0.717) is 17.2 Å². The van der Waals surface area contributed by atoms with Crippen molar-refractivity contribution in [1.29, 1.82) is 0 Å². The first-order valence-corrected chi connectivity index (χ1v) is 10.1. The van der Waals surface area contributed by atoms with Crippen molar-refractivity contribution >= 4 is 28.9 Å². The van der Waals surface area contributed by atoms with Gasteiger partial charge in [-0.15, -0.1) is 0 Å². The van der Waals surface area contributed by atoms with Gasteiger partial charge in [-0.3, -0.25) is 4.79 Å². The second-order valence-electron chi connectivity index (χ2n) is 7.01. The highest BCUT2D eigenvalue weighted by molar-refractivity contribution is 6.04. The molecule has 2 aromatic carbocycles. The van der Waals surface area contributed by atoms with Crippen LogP contribution in [0.5, 0.6) is 0 Å². The number of aryl methyl sites for hydroxylation is 1. The Morgan fingerprint density at radius 2 is 1.55 bits per heavy atom. The van der Waals surface area contributed by atoms with Crippen LogP contribution in [0.2, 0.25) is 0 Å². The summed E-state index contributed by atoms with van der Waals surface area (Å²) in [7, 11) is 0. The smallest absolute Gasteiger partial charge is 0.255 e. The van der Waals surface area contributed by atoms with Crippen LogP contribution in [0.4, 0.5) is 23.0 Å². The Bertz CT molecular complexity index is 1150. The van der Waals surface area contributed by atoms with Gasteiger partial charge < -0.3 is 20.5 Å². The lowest BCUT2D eigenvalue weighted by atomic mass is 10.2. The highest BCUT2D eigenvalue weighted by Gasteiger charge is 2.07. The largest absolute Gasteiger partial charge is 0.370 e. The molecule has 0 spiro atoms. The fraction of sp³-hybridized carbons (Fsp3) is 0.125. The zero-order valence-electron chi connectivity index (χ0n) is 17.5. The number of amides is 1. The maximum atomic E-state index is 12.6. The molecule has 156 valence electrons. The van der Waals surface area contributed by atoms with Gasteiger partial charge in [0.05, 0.1) is 0 Å². The van der Waals surface area contributed by atoms with Gasteiger partial charge in [0, 0.05) is 47.6 Å². The number of hydrogen-bond acceptors (Lipinski definition) is 5. The molecule has 0 aliphatic heterocycles. The number of carbonyl (C=O) groups excluding carboxylic acids is 1. The Morgan fingerprint density at radius 1 is 0.903 bits per heavy atom. The topological polar surface area (TPSA) is 83.9 Å². The van der Waals surface area contributed by atoms with Gasteiger partial charge in [-0.25, -0.2) is 9.97 Å². The summed E-state index contributed by atoms with van der Waals surface area (Å²) in [5.41, 5.74) is 3.20. The predicted octanol–water partition coefficient (Wildman–Crippen LogP) is 5.00. The fourth-order valence-electron chi connectivity index (χ4n) is 3.18. The molecule has 0 atom stereocenters. The Kier molecular flexibility index (Phi) is 5.93. The van der Waals surface area contributed by atoms with Crippen LogP contribution in [0.3, 0.4) is 0 Å². The highest BCUT2D eigenvalue weighted by Crippen LogP contribution is 2.20. The highest BCUT2D eigenvalue weighted by atomic mass is 16.1. The summed E-state index contributed by atoms with van der Waals surface area (Å²) in [4.78, 5) is 21.3. The molecule has 0 saturated carbocycles. The van der Waals surface area contributed by atoms with Crippen LogP contribution in [0.1, 0.15) is 23.1 Å². The summed E-state index contributed by atoms with van der Waals surface area (Å²) in [5.74, 6) is 2.03. The monoisotopic (exact) mass is 412 g/mol. The molecule has 31 heavy (non-hydrogen) atoms. The minimum Gasteiger partial charge on any atom is -0.370 e. The zero-order chi connectivity index (χ0) is 21.6. The third-order valence-corrected chi connectivity index (χ3v) is 4.64. The number of rotatable bonds is 7. The fourth-order valence-corrected chi connectivity index (χ4v) is 3.18. The molecule has 3 N–H and O–H groups in total. The lowest BCUT2D eigenvalue weighted by Gasteiger charge is -2.11. The van der Waals surface area contributed by atoms with Crippen molar-refractivity contribution in [2.24, 2.45) is 0 Å². The number of carbonyl (C=O) groups is 1. The number of nitrogens with one attached hydrogen (secondary N) is 3. The van der Waals surface area contributed by atoms with E-state index in [0.717, 1.165) is 29.4 Å². The van der Waals surface area contributed by atoms with Crippen molar-refractivity contribution in [3.63, 3.8) is 0 Å². The minimum atomic E-state index is -0.151. The molecule has 0 bridgehead atoms. The number of aromatic nitrogens is 3. The van der Waals surface area contributed by atoms with Gasteiger partial charge in [0.25, 0.3) is 5.91 Å². The summed E-state index contributed by atoms with van der Waals surface area (Å²) >= 11 is 0. The predicted molar refractivity (Wildman–Crippen MR) is 124 cm³/mol. The van der Waals surface area contributed by atoms with Crippen molar-refractivity contribution in [2.45, 2.75) is 13.8 Å². The van der Waals surface area contributed by atoms with Crippen LogP contribution in [0.25, 0.3) is 5.69 Å². The molecular formula is C24H24N6O. The average molecular weight is 412 g/mol. The van der Waals surface area contributed by atoms with Crippen molar-refractivity contribution in [1.82, 2.24) is 14.5 Å². The minimum absolute atomic E-state index is 0.151. The number of anilines is 4. The normalized spacial score (nSPS) is 10.5. The molecule has 7 heteroatoms. The van der Waals surface area contributed by atoms with Crippen LogP contribution >= 0.6 is 0 Å². The Balaban J connectivity index is 1.40. The first-order valence-electron chi connectivity index (χ1n) is 10.1. The average Bonchev–Trinajstić information content (AvgIpc) is 3.30. The third kappa shape index (κ3) is 5.08. The van der Waals surface area contributed by atoms with Crippen LogP contribution in [-0.4, -0.2) is 27.0 Å². The van der Waals surface area contributed by atoms with Crippen molar-refractivity contribution < 1.29 is 4.79 Å². The summed E-state index contributed by atoms with van der Waals surface area (Å²) in [5, 5.41) is 9.39. The van der Waals surface area contributed by atoms with Crippen LogP contribution in [-0.2, 0) is 0 Å². The van der Waals surface area contributed by atoms with E-state index in [2.05, 4.69) is 25.9 Å². The van der Waals surface area contributed by atoms with E-state index in [1.165, 1.54) is 0 Å². The molecule has 0 aliphatic rings. The summed E-state index contributed by atoms with van der Waals surface area (Å²) in [6.45, 7) is 4.67. The molecule has 2 aromatic heterocycles. The van der Waals surface area contributed by atoms with Gasteiger partial charge in [0.1, 0.15) is 17.5 Å². The first-order chi connectivity index (χ1) is 15.1. The quantitative estimate of drug-likeness (QED) is 0.398. The van der Waals surface area contributed by atoms with E-state index in [1.807, 2.05) is 97.5 Å². The van der Waals surface area contributed by atoms with Crippen LogP contribution in [0.15, 0.2) is 79.1 Å². The van der Waals surface area contributed by atoms with E-state index >= 15 is 0 Å². The van der Waals surface area contributed by atoms with E-state index in [-0.39, 0.29) is 5.91 Å². The van der Waals surface area contributed by atoms with Crippen LogP contribution in [0, 0.1) is 6.92 Å². The molecule has 0 unspecified atom stereocenters. The molecule has 2 heterocycles. The van der Waals surface area contributed by atoms with Crippen molar-refractivity contribution in [2.75, 3.05) is 22.5 Å². The molecule has 4 aromatic rings. The third-order valence-electron chi connectivity index (χ3n) is 4.64. The molecule has 1 amide bonds. The van der Waals surface area contributed by atoms with Gasteiger partial charge in [-0.2, -0.15) is 0 Å². The van der Waals surface area contributed by atoms with Gasteiger partial charge in [0.15, 0.2) is 0 Å². The maximum Gasteiger partial charge on any atom is 0.255 e. The van der Waals surface area contributed by atoms with Crippen LogP contribution < -0.4 is 16.0 Å². The van der Waals surface area contributed by atoms with Gasteiger partial charge >= 0.3 is 0 Å². The second kappa shape index (κ2) is 9.13. The lowest BCUT2D eigenvalue weighted by Crippen LogP contribution is -2.11. The Labute approximate surface area is 181 Å². The molecule has 0 radical (unpaired) electrons. The van der Waals surface area contributed by atoms with E-state index < -0.39 is 0 Å². The van der Waals surface area contributed by atoms with E-state index in [4.69, 9.17) is 0 Å². The SMILES string of the molecule is CCNc1cc(Nc2ccc(NC(=O)c3ccc(-n4cccc4)cc3)cc2)nc(C)n1. The summed E-state index contributed by atoms with van der Waals surface area (Å²) in [6.07, 6.45) is 3.93. The Morgan fingerprint density at radius 3 is 2.23 bits per heavy atom. The van der Waals surface area contributed by atoms with Gasteiger partial charge in [-0.1, -0.05) is 0 Å². The van der Waals surface area contributed by atoms with Gasteiger partial charge in [-0.05, 0) is 74.5 Å². The van der Waals surface area contributed by atoms with Gasteiger partial charge in [0.2, 0.25) is 0 Å². The number of benzene rings is 2. The first kappa shape index (κ1) is 20.2. The zero-order valence-corrected chi connectivity index (χ0v) is 17.5. The second-order valence-corrected chi connectivity index (χ2v) is 7.01. The molecule has 0 aliphatic carbocycles. The van der Waals surface area contributed by atoms with Crippen molar-refractivity contribution in [3.05, 3.63) is 90.5 Å². The molecular weight excluding hydrogens is 388 g/mol.